The van der Waals surface area contributed by atoms with Gasteiger partial charge >= 0.3 is 0 Å². The van der Waals surface area contributed by atoms with E-state index in [1.807, 2.05) is 30.3 Å². The molecule has 0 heterocycles. The largest absolute Gasteiger partial charge is 0.491 e. The van der Waals surface area contributed by atoms with Crippen LogP contribution in [0.5, 0.6) is 5.75 Å². The van der Waals surface area contributed by atoms with Crippen LogP contribution < -0.4 is 4.74 Å². The summed E-state index contributed by atoms with van der Waals surface area (Å²) in [5, 5.41) is 0. The molecule has 0 spiro atoms. The Labute approximate surface area is 93.9 Å². The highest BCUT2D eigenvalue weighted by Gasteiger charge is 2.02. The van der Waals surface area contributed by atoms with Crippen LogP contribution in [-0.4, -0.2) is 22.3 Å². The van der Waals surface area contributed by atoms with Crippen LogP contribution in [0.2, 0.25) is 12.6 Å². The highest BCUT2D eigenvalue weighted by molar-refractivity contribution is 6.50. The molecule has 1 aromatic rings. The van der Waals surface area contributed by atoms with Crippen LogP contribution in [-0.2, 0) is 4.43 Å². The Bertz CT molecular complexity index is 251. The van der Waals surface area contributed by atoms with Crippen molar-refractivity contribution in [2.24, 2.45) is 0 Å². The molecular weight excluding hydrogens is 204 g/mol. The molecule has 15 heavy (non-hydrogen) atoms. The number of rotatable bonds is 7. The summed E-state index contributed by atoms with van der Waals surface area (Å²) < 4.78 is 11.2. The zero-order chi connectivity index (χ0) is 10.9. The van der Waals surface area contributed by atoms with Gasteiger partial charge in [0.15, 0.2) is 9.04 Å². The fourth-order valence-electron chi connectivity index (χ4n) is 1.42. The average Bonchev–Trinajstić information content (AvgIpc) is 2.26. The van der Waals surface area contributed by atoms with E-state index in [1.54, 1.807) is 0 Å². The average molecular weight is 224 g/mol. The van der Waals surface area contributed by atoms with E-state index in [4.69, 9.17) is 9.16 Å². The second-order valence-corrected chi connectivity index (χ2v) is 6.16. The van der Waals surface area contributed by atoms with Crippen molar-refractivity contribution in [3.05, 3.63) is 30.3 Å². The Kier molecular flexibility index (Phi) is 6.12. The SMILES string of the molecule is CCC[SiH](C)OCCOc1ccccc1. The molecule has 0 aliphatic heterocycles. The van der Waals surface area contributed by atoms with Crippen LogP contribution in [0.15, 0.2) is 30.3 Å². The third-order valence-corrected chi connectivity index (χ3v) is 4.39. The maximum absolute atomic E-state index is 5.72. The van der Waals surface area contributed by atoms with E-state index < -0.39 is 9.04 Å². The van der Waals surface area contributed by atoms with Gasteiger partial charge in [-0.15, -0.1) is 0 Å². The Hall–Kier alpha value is -0.803. The third-order valence-electron chi connectivity index (χ3n) is 2.19. The minimum Gasteiger partial charge on any atom is -0.491 e. The summed E-state index contributed by atoms with van der Waals surface area (Å²) in [5.41, 5.74) is 0. The van der Waals surface area contributed by atoms with Gasteiger partial charge in [0.1, 0.15) is 12.4 Å². The maximum atomic E-state index is 5.72. The van der Waals surface area contributed by atoms with E-state index in [2.05, 4.69) is 13.5 Å². The molecular formula is C12H20O2Si. The van der Waals surface area contributed by atoms with Gasteiger partial charge in [-0.1, -0.05) is 31.5 Å². The van der Waals surface area contributed by atoms with Crippen molar-refractivity contribution in [3.63, 3.8) is 0 Å². The van der Waals surface area contributed by atoms with Gasteiger partial charge in [-0.2, -0.15) is 0 Å². The van der Waals surface area contributed by atoms with Crippen LogP contribution in [0.25, 0.3) is 0 Å². The molecule has 0 amide bonds. The van der Waals surface area contributed by atoms with Crippen molar-refractivity contribution in [1.82, 2.24) is 0 Å². The Morgan fingerprint density at radius 3 is 2.53 bits per heavy atom. The summed E-state index contributed by atoms with van der Waals surface area (Å²) in [6.07, 6.45) is 1.23. The molecule has 0 saturated heterocycles. The lowest BCUT2D eigenvalue weighted by Gasteiger charge is -2.11. The third kappa shape index (κ3) is 5.59. The van der Waals surface area contributed by atoms with Crippen molar-refractivity contribution in [2.75, 3.05) is 13.2 Å². The van der Waals surface area contributed by atoms with Crippen molar-refractivity contribution < 1.29 is 9.16 Å². The van der Waals surface area contributed by atoms with Crippen molar-refractivity contribution in [3.8, 4) is 5.75 Å². The van der Waals surface area contributed by atoms with Gasteiger partial charge in [-0.3, -0.25) is 0 Å². The molecule has 84 valence electrons. The number of hydrogen-bond donors (Lipinski definition) is 0. The first-order chi connectivity index (χ1) is 7.33. The zero-order valence-corrected chi connectivity index (χ0v) is 10.8. The van der Waals surface area contributed by atoms with Crippen molar-refractivity contribution in [1.29, 1.82) is 0 Å². The molecule has 0 bridgehead atoms. The van der Waals surface area contributed by atoms with E-state index in [1.165, 1.54) is 12.5 Å². The van der Waals surface area contributed by atoms with Gasteiger partial charge in [-0.05, 0) is 24.7 Å². The molecule has 0 aliphatic rings. The summed E-state index contributed by atoms with van der Waals surface area (Å²) >= 11 is 0. The van der Waals surface area contributed by atoms with Crippen LogP contribution in [0, 0.1) is 0 Å². The Morgan fingerprint density at radius 1 is 1.13 bits per heavy atom. The first-order valence-corrected chi connectivity index (χ1v) is 8.06. The predicted octanol–water partition coefficient (Wildman–Crippen LogP) is 2.85. The summed E-state index contributed by atoms with van der Waals surface area (Å²) in [7, 11) is -0.908. The van der Waals surface area contributed by atoms with Gasteiger partial charge in [0.05, 0.1) is 6.61 Å². The normalized spacial score (nSPS) is 12.4. The minimum atomic E-state index is -0.908. The van der Waals surface area contributed by atoms with E-state index in [9.17, 15) is 0 Å². The molecule has 0 saturated carbocycles. The molecule has 0 fully saturated rings. The fraction of sp³-hybridized carbons (Fsp3) is 0.500. The smallest absolute Gasteiger partial charge is 0.174 e. The lowest BCUT2D eigenvalue weighted by atomic mass is 10.3. The Morgan fingerprint density at radius 2 is 1.87 bits per heavy atom. The first-order valence-electron chi connectivity index (χ1n) is 5.62. The van der Waals surface area contributed by atoms with Crippen LogP contribution in [0.4, 0.5) is 0 Å². The maximum Gasteiger partial charge on any atom is 0.174 e. The number of benzene rings is 1. The number of para-hydroxylation sites is 1. The number of hydrogen-bond acceptors (Lipinski definition) is 2. The zero-order valence-electron chi connectivity index (χ0n) is 9.61. The standard InChI is InChI=1S/C12H20O2Si/c1-3-11-15(2)14-10-9-13-12-7-5-4-6-8-12/h4-8,15H,3,9-11H2,1-2H3. The molecule has 0 aromatic heterocycles. The molecule has 1 aromatic carbocycles. The molecule has 0 aliphatic carbocycles. The second-order valence-electron chi connectivity index (χ2n) is 3.63. The minimum absolute atomic E-state index is 0.658. The molecule has 0 N–H and O–H groups in total. The van der Waals surface area contributed by atoms with Crippen molar-refractivity contribution in [2.45, 2.75) is 25.9 Å². The highest BCUT2D eigenvalue weighted by atomic mass is 28.3. The lowest BCUT2D eigenvalue weighted by molar-refractivity contribution is 0.217. The van der Waals surface area contributed by atoms with Crippen LogP contribution in [0.3, 0.4) is 0 Å². The lowest BCUT2D eigenvalue weighted by Crippen LogP contribution is -2.17. The molecule has 3 heteroatoms. The monoisotopic (exact) mass is 224 g/mol. The molecule has 0 radical (unpaired) electrons. The van der Waals surface area contributed by atoms with Gasteiger partial charge in [0, 0.05) is 0 Å². The van der Waals surface area contributed by atoms with Crippen LogP contribution >= 0.6 is 0 Å². The van der Waals surface area contributed by atoms with Crippen molar-refractivity contribution >= 4 is 9.04 Å². The summed E-state index contributed by atoms with van der Waals surface area (Å²) in [4.78, 5) is 0. The summed E-state index contributed by atoms with van der Waals surface area (Å²) in [6, 6.07) is 11.1. The molecule has 1 unspecified atom stereocenters. The summed E-state index contributed by atoms with van der Waals surface area (Å²) in [6.45, 7) is 5.83. The number of ether oxygens (including phenoxy) is 1. The molecule has 1 atom stereocenters. The first kappa shape index (κ1) is 12.3. The highest BCUT2D eigenvalue weighted by Crippen LogP contribution is 2.07. The van der Waals surface area contributed by atoms with Crippen LogP contribution in [0.1, 0.15) is 13.3 Å². The topological polar surface area (TPSA) is 18.5 Å². The van der Waals surface area contributed by atoms with Gasteiger partial charge in [0.25, 0.3) is 0 Å². The van der Waals surface area contributed by atoms with Gasteiger partial charge < -0.3 is 9.16 Å². The quantitative estimate of drug-likeness (QED) is 0.524. The van der Waals surface area contributed by atoms with Gasteiger partial charge in [-0.25, -0.2) is 0 Å². The fourth-order valence-corrected chi connectivity index (χ4v) is 2.89. The van der Waals surface area contributed by atoms with E-state index in [-0.39, 0.29) is 0 Å². The van der Waals surface area contributed by atoms with Gasteiger partial charge in [0.2, 0.25) is 0 Å². The van der Waals surface area contributed by atoms with E-state index >= 15 is 0 Å². The summed E-state index contributed by atoms with van der Waals surface area (Å²) in [5.74, 6) is 0.922. The van der Waals surface area contributed by atoms with E-state index in [0.29, 0.717) is 6.61 Å². The molecule has 2 nitrogen and oxygen atoms in total. The van der Waals surface area contributed by atoms with E-state index in [0.717, 1.165) is 12.4 Å². The predicted molar refractivity (Wildman–Crippen MR) is 66.0 cm³/mol. The second kappa shape index (κ2) is 7.48. The molecule has 1 rings (SSSR count). The Balaban J connectivity index is 2.07.